The summed E-state index contributed by atoms with van der Waals surface area (Å²) < 4.78 is 0. The molecule has 0 aromatic heterocycles. The Labute approximate surface area is 73.3 Å². The van der Waals surface area contributed by atoms with Gasteiger partial charge in [-0.25, -0.2) is 0 Å². The summed E-state index contributed by atoms with van der Waals surface area (Å²) in [6, 6.07) is -0.580. The summed E-state index contributed by atoms with van der Waals surface area (Å²) in [7, 11) is 3.87. The van der Waals surface area contributed by atoms with Crippen LogP contribution in [-0.4, -0.2) is 54.5 Å². The second-order valence-corrected chi connectivity index (χ2v) is 3.03. The molecule has 0 amide bonds. The maximum absolute atomic E-state index is 9.24. The smallest absolute Gasteiger partial charge is 0.0894 e. The summed E-state index contributed by atoms with van der Waals surface area (Å²) in [5.41, 5.74) is 5.37. The van der Waals surface area contributed by atoms with Gasteiger partial charge in [0.15, 0.2) is 0 Å². The van der Waals surface area contributed by atoms with Crippen molar-refractivity contribution < 1.29 is 10.2 Å². The van der Waals surface area contributed by atoms with Crippen LogP contribution in [0.3, 0.4) is 0 Å². The molecular weight excluding hydrogens is 156 g/mol. The molecule has 0 rings (SSSR count). The van der Waals surface area contributed by atoms with Gasteiger partial charge in [0, 0.05) is 6.54 Å². The van der Waals surface area contributed by atoms with E-state index >= 15 is 0 Å². The highest BCUT2D eigenvalue weighted by Crippen LogP contribution is 1.91. The molecule has 12 heavy (non-hydrogen) atoms. The zero-order chi connectivity index (χ0) is 9.56. The van der Waals surface area contributed by atoms with Crippen LogP contribution in [0.4, 0.5) is 0 Å². The van der Waals surface area contributed by atoms with Gasteiger partial charge in [-0.15, -0.1) is 0 Å². The fourth-order valence-electron chi connectivity index (χ4n) is 0.662. The molecule has 0 aromatic rings. The molecule has 72 valence electrons. The number of nitrogens with two attached hydrogens (primary N) is 1. The third-order valence-electron chi connectivity index (χ3n) is 1.45. The van der Waals surface area contributed by atoms with Crippen LogP contribution in [-0.2, 0) is 0 Å². The minimum Gasteiger partial charge on any atom is -0.395 e. The van der Waals surface area contributed by atoms with Crippen molar-refractivity contribution in [2.24, 2.45) is 5.73 Å². The summed E-state index contributed by atoms with van der Waals surface area (Å²) >= 11 is 0. The number of aliphatic hydroxyl groups excluding tert-OH is 2. The van der Waals surface area contributed by atoms with Gasteiger partial charge in [-0.05, 0) is 14.1 Å². The van der Waals surface area contributed by atoms with Gasteiger partial charge in [0.05, 0.1) is 18.8 Å². The van der Waals surface area contributed by atoms with E-state index in [1.807, 2.05) is 25.1 Å². The van der Waals surface area contributed by atoms with Gasteiger partial charge in [-0.2, -0.15) is 0 Å². The lowest BCUT2D eigenvalue weighted by Gasteiger charge is -2.12. The van der Waals surface area contributed by atoms with Gasteiger partial charge in [0.25, 0.3) is 0 Å². The van der Waals surface area contributed by atoms with Gasteiger partial charge in [0.1, 0.15) is 0 Å². The topological polar surface area (TPSA) is 69.7 Å². The summed E-state index contributed by atoms with van der Waals surface area (Å²) in [6.45, 7) is 0.558. The van der Waals surface area contributed by atoms with Crippen molar-refractivity contribution >= 4 is 0 Å². The first-order valence-corrected chi connectivity index (χ1v) is 3.93. The van der Waals surface area contributed by atoms with E-state index in [-0.39, 0.29) is 6.61 Å². The van der Waals surface area contributed by atoms with Crippen molar-refractivity contribution in [3.8, 4) is 0 Å². The number of aliphatic hydroxyl groups is 2. The maximum Gasteiger partial charge on any atom is 0.0894 e. The molecule has 0 fully saturated rings. The van der Waals surface area contributed by atoms with E-state index in [0.717, 1.165) is 6.54 Å². The van der Waals surface area contributed by atoms with Crippen LogP contribution >= 0.6 is 0 Å². The molecule has 4 N–H and O–H groups in total. The molecule has 0 bridgehead atoms. The Morgan fingerprint density at radius 3 is 2.50 bits per heavy atom. The highest BCUT2D eigenvalue weighted by atomic mass is 16.3. The lowest BCUT2D eigenvalue weighted by atomic mass is 10.2. The van der Waals surface area contributed by atoms with Crippen LogP contribution in [0.2, 0.25) is 0 Å². The molecule has 2 atom stereocenters. The van der Waals surface area contributed by atoms with Crippen LogP contribution in [0.1, 0.15) is 0 Å². The van der Waals surface area contributed by atoms with Crippen molar-refractivity contribution in [1.82, 2.24) is 4.90 Å². The SMILES string of the molecule is CN(C)C/C=C/C(O)C(N)CO. The van der Waals surface area contributed by atoms with Crippen molar-refractivity contribution in [2.75, 3.05) is 27.2 Å². The quantitative estimate of drug-likeness (QED) is 0.457. The molecule has 0 aliphatic heterocycles. The molecule has 4 heteroatoms. The second-order valence-electron chi connectivity index (χ2n) is 3.03. The largest absolute Gasteiger partial charge is 0.395 e. The molecule has 2 unspecified atom stereocenters. The predicted molar refractivity (Wildman–Crippen MR) is 48.8 cm³/mol. The first-order valence-electron chi connectivity index (χ1n) is 3.93. The Morgan fingerprint density at radius 1 is 1.50 bits per heavy atom. The highest BCUT2D eigenvalue weighted by Gasteiger charge is 2.08. The molecule has 0 spiro atoms. The average molecular weight is 174 g/mol. The number of nitrogens with zero attached hydrogens (tertiary/aromatic N) is 1. The molecule has 0 saturated heterocycles. The van der Waals surface area contributed by atoms with Gasteiger partial charge in [-0.1, -0.05) is 12.2 Å². The van der Waals surface area contributed by atoms with Crippen LogP contribution in [0.5, 0.6) is 0 Å². The number of hydrogen-bond donors (Lipinski definition) is 3. The van der Waals surface area contributed by atoms with Crippen molar-refractivity contribution in [3.63, 3.8) is 0 Å². The lowest BCUT2D eigenvalue weighted by molar-refractivity contribution is 0.144. The molecule has 0 saturated carbocycles. The average Bonchev–Trinajstić information content (AvgIpc) is 2.02. The number of hydrogen-bond acceptors (Lipinski definition) is 4. The second kappa shape index (κ2) is 6.14. The Balaban J connectivity index is 3.67. The molecule has 4 nitrogen and oxygen atoms in total. The zero-order valence-electron chi connectivity index (χ0n) is 7.64. The van der Waals surface area contributed by atoms with Gasteiger partial charge in [0.2, 0.25) is 0 Å². The Hall–Kier alpha value is -0.420. The van der Waals surface area contributed by atoms with E-state index in [9.17, 15) is 5.11 Å². The summed E-state index contributed by atoms with van der Waals surface area (Å²) in [5, 5.41) is 17.8. The maximum atomic E-state index is 9.24. The molecule has 0 aliphatic rings. The van der Waals surface area contributed by atoms with Gasteiger partial charge < -0.3 is 20.8 Å². The predicted octanol–water partition coefficient (Wildman–Crippen LogP) is -1.22. The summed E-state index contributed by atoms with van der Waals surface area (Å²) in [6.07, 6.45) is 2.66. The van der Waals surface area contributed by atoms with Gasteiger partial charge >= 0.3 is 0 Å². The Bertz CT molecular complexity index is 137. The first kappa shape index (κ1) is 11.6. The first-order chi connectivity index (χ1) is 5.57. The van der Waals surface area contributed by atoms with Crippen LogP contribution < -0.4 is 5.73 Å². The molecule has 0 heterocycles. The van der Waals surface area contributed by atoms with E-state index in [1.54, 1.807) is 6.08 Å². The van der Waals surface area contributed by atoms with E-state index in [4.69, 9.17) is 10.8 Å². The van der Waals surface area contributed by atoms with E-state index in [0.29, 0.717) is 0 Å². The van der Waals surface area contributed by atoms with Crippen LogP contribution in [0.25, 0.3) is 0 Å². The normalized spacial score (nSPS) is 17.2. The third-order valence-corrected chi connectivity index (χ3v) is 1.45. The molecular formula is C8H18N2O2. The van der Waals surface area contributed by atoms with E-state index < -0.39 is 12.1 Å². The fraction of sp³-hybridized carbons (Fsp3) is 0.750. The van der Waals surface area contributed by atoms with E-state index in [2.05, 4.69) is 0 Å². The van der Waals surface area contributed by atoms with E-state index in [1.165, 1.54) is 0 Å². The van der Waals surface area contributed by atoms with Crippen LogP contribution in [0.15, 0.2) is 12.2 Å². The Morgan fingerprint density at radius 2 is 2.08 bits per heavy atom. The lowest BCUT2D eigenvalue weighted by Crippen LogP contribution is -2.36. The molecule has 0 aromatic carbocycles. The minimum atomic E-state index is -0.755. The Kier molecular flexibility index (Phi) is 5.92. The molecule has 0 aliphatic carbocycles. The van der Waals surface area contributed by atoms with Crippen LogP contribution in [0, 0.1) is 0 Å². The number of likely N-dealkylation sites (N-methyl/N-ethyl adjacent to an activating group) is 1. The third kappa shape index (κ3) is 5.26. The summed E-state index contributed by atoms with van der Waals surface area (Å²) in [5.74, 6) is 0. The fourth-order valence-corrected chi connectivity index (χ4v) is 0.662. The van der Waals surface area contributed by atoms with Crippen molar-refractivity contribution in [1.29, 1.82) is 0 Å². The van der Waals surface area contributed by atoms with Gasteiger partial charge in [-0.3, -0.25) is 0 Å². The highest BCUT2D eigenvalue weighted by molar-refractivity contribution is 4.94. The minimum absolute atomic E-state index is 0.201. The monoisotopic (exact) mass is 174 g/mol. The summed E-state index contributed by atoms with van der Waals surface area (Å²) in [4.78, 5) is 1.97. The standard InChI is InChI=1S/C8H18N2O2/c1-10(2)5-3-4-8(12)7(9)6-11/h3-4,7-8,11-12H,5-6,9H2,1-2H3/b4-3+. The van der Waals surface area contributed by atoms with Crippen molar-refractivity contribution in [2.45, 2.75) is 12.1 Å². The number of rotatable bonds is 5. The molecule has 0 radical (unpaired) electrons. The zero-order valence-corrected chi connectivity index (χ0v) is 7.64. The van der Waals surface area contributed by atoms with Crippen molar-refractivity contribution in [3.05, 3.63) is 12.2 Å².